The summed E-state index contributed by atoms with van der Waals surface area (Å²) in [6, 6.07) is 10.4. The predicted molar refractivity (Wildman–Crippen MR) is 63.1 cm³/mol. The Morgan fingerprint density at radius 3 is 2.67 bits per heavy atom. The Labute approximate surface area is 89.7 Å². The van der Waals surface area contributed by atoms with Crippen molar-refractivity contribution in [3.05, 3.63) is 41.5 Å². The van der Waals surface area contributed by atoms with E-state index in [9.17, 15) is 0 Å². The fourth-order valence-corrected chi connectivity index (χ4v) is 1.78. The lowest BCUT2D eigenvalue weighted by molar-refractivity contribution is 0.419. The first-order valence-corrected chi connectivity index (χ1v) is 5.02. The van der Waals surface area contributed by atoms with Crippen LogP contribution in [0, 0.1) is 6.92 Å². The van der Waals surface area contributed by atoms with Crippen LogP contribution < -0.4 is 10.5 Å². The molecule has 0 bridgehead atoms. The van der Waals surface area contributed by atoms with E-state index in [4.69, 9.17) is 10.5 Å². The molecule has 0 heterocycles. The highest BCUT2D eigenvalue weighted by Gasteiger charge is 2.03. The minimum Gasteiger partial charge on any atom is -0.496 e. The van der Waals surface area contributed by atoms with Gasteiger partial charge in [-0.2, -0.15) is 0 Å². The van der Waals surface area contributed by atoms with Gasteiger partial charge in [0.15, 0.2) is 0 Å². The number of nitrogens with two attached hydrogens (primary N) is 1. The molecule has 15 heavy (non-hydrogen) atoms. The van der Waals surface area contributed by atoms with E-state index in [1.165, 1.54) is 10.9 Å². The van der Waals surface area contributed by atoms with Gasteiger partial charge in [0, 0.05) is 11.9 Å². The van der Waals surface area contributed by atoms with E-state index in [2.05, 4.69) is 31.2 Å². The fourth-order valence-electron chi connectivity index (χ4n) is 1.78. The topological polar surface area (TPSA) is 35.2 Å². The SMILES string of the molecule is COc1cc(CN)cc2ccc(C)cc12. The standard InChI is InChI=1S/C13H15NO/c1-9-3-4-11-6-10(8-14)7-13(15-2)12(11)5-9/h3-7H,8,14H2,1-2H3. The Morgan fingerprint density at radius 1 is 1.20 bits per heavy atom. The van der Waals surface area contributed by atoms with E-state index in [-0.39, 0.29) is 0 Å². The van der Waals surface area contributed by atoms with Gasteiger partial charge in [0.25, 0.3) is 0 Å². The minimum absolute atomic E-state index is 0.542. The van der Waals surface area contributed by atoms with Crippen molar-refractivity contribution >= 4 is 10.8 Å². The van der Waals surface area contributed by atoms with Gasteiger partial charge >= 0.3 is 0 Å². The Kier molecular flexibility index (Phi) is 2.60. The van der Waals surface area contributed by atoms with Crippen LogP contribution in [0.15, 0.2) is 30.3 Å². The van der Waals surface area contributed by atoms with Crippen LogP contribution in [0.3, 0.4) is 0 Å². The van der Waals surface area contributed by atoms with Gasteiger partial charge in [0.05, 0.1) is 7.11 Å². The zero-order valence-corrected chi connectivity index (χ0v) is 9.08. The van der Waals surface area contributed by atoms with Crippen molar-refractivity contribution in [3.63, 3.8) is 0 Å². The average Bonchev–Trinajstić information content (AvgIpc) is 2.27. The Bertz CT molecular complexity index is 491. The number of methoxy groups -OCH3 is 1. The summed E-state index contributed by atoms with van der Waals surface area (Å²) in [7, 11) is 1.69. The highest BCUT2D eigenvalue weighted by atomic mass is 16.5. The quantitative estimate of drug-likeness (QED) is 0.810. The molecule has 0 saturated carbocycles. The van der Waals surface area contributed by atoms with Crippen LogP contribution >= 0.6 is 0 Å². The maximum atomic E-state index is 5.64. The van der Waals surface area contributed by atoms with Crippen molar-refractivity contribution in [2.45, 2.75) is 13.5 Å². The molecule has 78 valence electrons. The maximum Gasteiger partial charge on any atom is 0.127 e. The van der Waals surface area contributed by atoms with Crippen LogP contribution in [0.2, 0.25) is 0 Å². The molecule has 2 N–H and O–H groups in total. The molecule has 0 spiro atoms. The van der Waals surface area contributed by atoms with E-state index < -0.39 is 0 Å². The summed E-state index contributed by atoms with van der Waals surface area (Å²) >= 11 is 0. The number of benzene rings is 2. The molecule has 0 aliphatic carbocycles. The fraction of sp³-hybridized carbons (Fsp3) is 0.231. The van der Waals surface area contributed by atoms with E-state index in [1.807, 2.05) is 6.07 Å². The first kappa shape index (κ1) is 9.99. The van der Waals surface area contributed by atoms with E-state index in [0.29, 0.717) is 6.54 Å². The molecular formula is C13H15NO. The van der Waals surface area contributed by atoms with Crippen molar-refractivity contribution in [2.24, 2.45) is 5.73 Å². The molecule has 2 heteroatoms. The van der Waals surface area contributed by atoms with Crippen LogP contribution in [0.5, 0.6) is 5.75 Å². The van der Waals surface area contributed by atoms with Crippen LogP contribution in [-0.2, 0) is 6.54 Å². The third-order valence-electron chi connectivity index (χ3n) is 2.59. The summed E-state index contributed by atoms with van der Waals surface area (Å²) in [6.45, 7) is 2.62. The second kappa shape index (κ2) is 3.91. The molecule has 2 nitrogen and oxygen atoms in total. The average molecular weight is 201 g/mol. The van der Waals surface area contributed by atoms with E-state index in [0.717, 1.165) is 16.7 Å². The number of aryl methyl sites for hydroxylation is 1. The third kappa shape index (κ3) is 1.81. The van der Waals surface area contributed by atoms with Crippen LogP contribution in [0.25, 0.3) is 10.8 Å². The summed E-state index contributed by atoms with van der Waals surface area (Å²) in [5.41, 5.74) is 7.98. The number of hydrogen-bond donors (Lipinski definition) is 1. The van der Waals surface area contributed by atoms with Crippen molar-refractivity contribution < 1.29 is 4.74 Å². The van der Waals surface area contributed by atoms with Gasteiger partial charge in [0.2, 0.25) is 0 Å². The minimum atomic E-state index is 0.542. The first-order valence-electron chi connectivity index (χ1n) is 5.02. The monoisotopic (exact) mass is 201 g/mol. The van der Waals surface area contributed by atoms with Crippen LogP contribution in [0.4, 0.5) is 0 Å². The molecule has 2 rings (SSSR count). The molecular weight excluding hydrogens is 186 g/mol. The second-order valence-electron chi connectivity index (χ2n) is 3.73. The molecule has 0 aliphatic rings. The summed E-state index contributed by atoms with van der Waals surface area (Å²) in [6.07, 6.45) is 0. The van der Waals surface area contributed by atoms with Crippen molar-refractivity contribution in [1.82, 2.24) is 0 Å². The predicted octanol–water partition coefficient (Wildman–Crippen LogP) is 2.62. The summed E-state index contributed by atoms with van der Waals surface area (Å²) < 4.78 is 5.37. The molecule has 2 aromatic rings. The van der Waals surface area contributed by atoms with Crippen LogP contribution in [0.1, 0.15) is 11.1 Å². The molecule has 0 atom stereocenters. The molecule has 0 radical (unpaired) electrons. The lowest BCUT2D eigenvalue weighted by Crippen LogP contribution is -1.97. The summed E-state index contributed by atoms with van der Waals surface area (Å²) in [4.78, 5) is 0. The Balaban J connectivity index is 2.75. The van der Waals surface area contributed by atoms with Crippen LogP contribution in [-0.4, -0.2) is 7.11 Å². The number of rotatable bonds is 2. The van der Waals surface area contributed by atoms with Crippen molar-refractivity contribution in [3.8, 4) is 5.75 Å². The van der Waals surface area contributed by atoms with Gasteiger partial charge < -0.3 is 10.5 Å². The number of fused-ring (bicyclic) bond motifs is 1. The largest absolute Gasteiger partial charge is 0.496 e. The summed E-state index contributed by atoms with van der Waals surface area (Å²) in [5, 5.41) is 2.33. The summed E-state index contributed by atoms with van der Waals surface area (Å²) in [5.74, 6) is 0.900. The lowest BCUT2D eigenvalue weighted by Gasteiger charge is -2.08. The zero-order valence-electron chi connectivity index (χ0n) is 9.08. The lowest BCUT2D eigenvalue weighted by atomic mass is 10.0. The van der Waals surface area contributed by atoms with Gasteiger partial charge in [-0.25, -0.2) is 0 Å². The van der Waals surface area contributed by atoms with Gasteiger partial charge in [-0.1, -0.05) is 17.7 Å². The molecule has 0 aliphatic heterocycles. The molecule has 0 saturated heterocycles. The molecule has 2 aromatic carbocycles. The molecule has 0 unspecified atom stereocenters. The number of hydrogen-bond acceptors (Lipinski definition) is 2. The van der Waals surface area contributed by atoms with Crippen molar-refractivity contribution in [1.29, 1.82) is 0 Å². The molecule has 0 fully saturated rings. The Hall–Kier alpha value is -1.54. The highest BCUT2D eigenvalue weighted by Crippen LogP contribution is 2.28. The van der Waals surface area contributed by atoms with Gasteiger partial charge in [-0.05, 0) is 36.1 Å². The molecule has 0 amide bonds. The normalized spacial score (nSPS) is 10.6. The van der Waals surface area contributed by atoms with Crippen molar-refractivity contribution in [2.75, 3.05) is 7.11 Å². The Morgan fingerprint density at radius 2 is 2.00 bits per heavy atom. The third-order valence-corrected chi connectivity index (χ3v) is 2.59. The zero-order chi connectivity index (χ0) is 10.8. The van der Waals surface area contributed by atoms with Gasteiger partial charge in [-0.15, -0.1) is 0 Å². The molecule has 0 aromatic heterocycles. The smallest absolute Gasteiger partial charge is 0.127 e. The van der Waals surface area contributed by atoms with E-state index in [1.54, 1.807) is 7.11 Å². The van der Waals surface area contributed by atoms with E-state index >= 15 is 0 Å². The first-order chi connectivity index (χ1) is 7.24. The highest BCUT2D eigenvalue weighted by molar-refractivity contribution is 5.89. The maximum absolute atomic E-state index is 5.64. The second-order valence-corrected chi connectivity index (χ2v) is 3.73. The van der Waals surface area contributed by atoms with Gasteiger partial charge in [-0.3, -0.25) is 0 Å². The van der Waals surface area contributed by atoms with Gasteiger partial charge in [0.1, 0.15) is 5.75 Å². The number of ether oxygens (including phenoxy) is 1.